The highest BCUT2D eigenvalue weighted by molar-refractivity contribution is 5.92. The maximum absolute atomic E-state index is 13.9. The summed E-state index contributed by atoms with van der Waals surface area (Å²) in [5, 5.41) is 5.09. The fraction of sp³-hybridized carbons (Fsp3) is 0.385. The molecule has 1 aliphatic heterocycles. The van der Waals surface area contributed by atoms with Gasteiger partial charge >= 0.3 is 0 Å². The maximum Gasteiger partial charge on any atom is 0.270 e. The number of pyridine rings is 1. The molecule has 4 nitrogen and oxygen atoms in total. The maximum atomic E-state index is 13.9. The van der Waals surface area contributed by atoms with Crippen LogP contribution in [-0.2, 0) is 0 Å². The number of carbonyl (C=O) groups is 1. The van der Waals surface area contributed by atoms with Crippen LogP contribution in [0.4, 0.5) is 13.2 Å². The minimum absolute atomic E-state index is 0.207. The summed E-state index contributed by atoms with van der Waals surface area (Å²) in [6.45, 7) is 0.633. The number of hydrogen-bond acceptors (Lipinski definition) is 3. The first-order chi connectivity index (χ1) is 9.58. The molecule has 0 aromatic carbocycles. The quantitative estimate of drug-likeness (QED) is 0.826. The zero-order valence-corrected chi connectivity index (χ0v) is 10.6. The van der Waals surface area contributed by atoms with Gasteiger partial charge in [-0.2, -0.15) is 4.39 Å². The molecule has 2 heterocycles. The van der Waals surface area contributed by atoms with E-state index in [1.54, 1.807) is 0 Å². The molecule has 20 heavy (non-hydrogen) atoms. The zero-order chi connectivity index (χ0) is 14.5. The van der Waals surface area contributed by atoms with Crippen molar-refractivity contribution in [2.45, 2.75) is 12.8 Å². The van der Waals surface area contributed by atoms with Crippen molar-refractivity contribution in [3.05, 3.63) is 35.4 Å². The first-order valence-electron chi connectivity index (χ1n) is 6.21. The Kier molecular flexibility index (Phi) is 4.73. The first kappa shape index (κ1) is 14.5. The summed E-state index contributed by atoms with van der Waals surface area (Å²) in [5.74, 6) is -1.57. The molecule has 0 fully saturated rings. The lowest BCUT2D eigenvalue weighted by molar-refractivity contribution is 0.0886. The molecule has 1 aromatic rings. The molecule has 1 aromatic heterocycles. The number of hydrogen-bond donors (Lipinski definition) is 2. The third kappa shape index (κ3) is 3.57. The Hall–Kier alpha value is -1.89. The Balaban J connectivity index is 2.13. The Morgan fingerprint density at radius 2 is 2.25 bits per heavy atom. The molecule has 2 rings (SSSR count). The van der Waals surface area contributed by atoms with Gasteiger partial charge in [0.1, 0.15) is 5.69 Å². The van der Waals surface area contributed by atoms with E-state index in [1.807, 2.05) is 11.4 Å². The second-order valence-corrected chi connectivity index (χ2v) is 4.32. The van der Waals surface area contributed by atoms with Gasteiger partial charge in [-0.25, -0.2) is 13.8 Å². The van der Waals surface area contributed by atoms with Gasteiger partial charge in [0.15, 0.2) is 0 Å². The smallest absolute Gasteiger partial charge is 0.270 e. The molecule has 0 saturated heterocycles. The third-order valence-electron chi connectivity index (χ3n) is 2.91. The van der Waals surface area contributed by atoms with E-state index in [0.717, 1.165) is 12.1 Å². The lowest BCUT2D eigenvalue weighted by Gasteiger charge is -2.14. The standard InChI is InChI=1S/C13H14F3N3O/c14-11(15)7-18-13(20)10-2-1-9(12(16)19-10)8-3-5-17-6-4-8/h1-3,11,17H,4-7H2,(H,18,20). The van der Waals surface area contributed by atoms with Crippen LogP contribution in [-0.4, -0.2) is 37.0 Å². The fourth-order valence-electron chi connectivity index (χ4n) is 1.93. The Morgan fingerprint density at radius 3 is 2.85 bits per heavy atom. The van der Waals surface area contributed by atoms with Crippen LogP contribution in [0.2, 0.25) is 0 Å². The van der Waals surface area contributed by atoms with Crippen LogP contribution in [0.25, 0.3) is 5.57 Å². The number of halogens is 3. The second kappa shape index (κ2) is 6.51. The largest absolute Gasteiger partial charge is 0.345 e. The molecule has 1 amide bonds. The van der Waals surface area contributed by atoms with E-state index >= 15 is 0 Å². The van der Waals surface area contributed by atoms with Gasteiger partial charge in [0.25, 0.3) is 12.3 Å². The highest BCUT2D eigenvalue weighted by Gasteiger charge is 2.16. The lowest BCUT2D eigenvalue weighted by atomic mass is 10.0. The number of amides is 1. The highest BCUT2D eigenvalue weighted by Crippen LogP contribution is 2.21. The predicted molar refractivity (Wildman–Crippen MR) is 68.0 cm³/mol. The van der Waals surface area contributed by atoms with E-state index in [1.165, 1.54) is 12.1 Å². The summed E-state index contributed by atoms with van der Waals surface area (Å²) < 4.78 is 37.8. The van der Waals surface area contributed by atoms with Gasteiger partial charge in [-0.3, -0.25) is 4.79 Å². The molecule has 0 saturated carbocycles. The third-order valence-corrected chi connectivity index (χ3v) is 2.91. The number of nitrogens with zero attached hydrogens (tertiary/aromatic N) is 1. The minimum Gasteiger partial charge on any atom is -0.345 e. The van der Waals surface area contributed by atoms with Crippen molar-refractivity contribution in [3.63, 3.8) is 0 Å². The number of rotatable bonds is 4. The molecule has 0 atom stereocenters. The van der Waals surface area contributed by atoms with Gasteiger partial charge in [-0.15, -0.1) is 0 Å². The average Bonchev–Trinajstić information content (AvgIpc) is 2.45. The fourth-order valence-corrected chi connectivity index (χ4v) is 1.93. The van der Waals surface area contributed by atoms with Gasteiger partial charge in [-0.05, 0) is 30.7 Å². The second-order valence-electron chi connectivity index (χ2n) is 4.32. The Labute approximate surface area is 114 Å². The van der Waals surface area contributed by atoms with Crippen LogP contribution < -0.4 is 10.6 Å². The van der Waals surface area contributed by atoms with Crippen LogP contribution in [0.1, 0.15) is 22.5 Å². The van der Waals surface area contributed by atoms with E-state index in [9.17, 15) is 18.0 Å². The highest BCUT2D eigenvalue weighted by atomic mass is 19.3. The molecule has 7 heteroatoms. The van der Waals surface area contributed by atoms with Crippen molar-refractivity contribution < 1.29 is 18.0 Å². The molecule has 0 bridgehead atoms. The molecule has 0 unspecified atom stereocenters. The number of carbonyl (C=O) groups excluding carboxylic acids is 1. The van der Waals surface area contributed by atoms with Gasteiger partial charge < -0.3 is 10.6 Å². The van der Waals surface area contributed by atoms with Gasteiger partial charge in [0, 0.05) is 12.1 Å². The SMILES string of the molecule is O=C(NCC(F)F)c1ccc(C2=CCNCC2)c(F)n1. The van der Waals surface area contributed by atoms with E-state index in [-0.39, 0.29) is 5.69 Å². The van der Waals surface area contributed by atoms with Crippen molar-refractivity contribution in [2.24, 2.45) is 0 Å². The molecule has 1 aliphatic rings. The van der Waals surface area contributed by atoms with Crippen LogP contribution in [0, 0.1) is 5.95 Å². The molecule has 0 radical (unpaired) electrons. The number of alkyl halides is 2. The average molecular weight is 285 g/mol. The van der Waals surface area contributed by atoms with Crippen LogP contribution in [0.15, 0.2) is 18.2 Å². The normalized spacial score (nSPS) is 15.1. The van der Waals surface area contributed by atoms with Crippen LogP contribution >= 0.6 is 0 Å². The topological polar surface area (TPSA) is 54.0 Å². The molecular weight excluding hydrogens is 271 g/mol. The summed E-state index contributed by atoms with van der Waals surface area (Å²) in [7, 11) is 0. The van der Waals surface area contributed by atoms with Crippen molar-refractivity contribution in [3.8, 4) is 0 Å². The van der Waals surface area contributed by atoms with E-state index in [2.05, 4.69) is 10.3 Å². The summed E-state index contributed by atoms with van der Waals surface area (Å²) in [5.41, 5.74) is 0.964. The Bertz CT molecular complexity index is 532. The first-order valence-corrected chi connectivity index (χ1v) is 6.21. The number of nitrogens with one attached hydrogen (secondary N) is 2. The molecular formula is C13H14F3N3O. The van der Waals surface area contributed by atoms with Crippen molar-refractivity contribution in [2.75, 3.05) is 19.6 Å². The summed E-state index contributed by atoms with van der Waals surface area (Å²) >= 11 is 0. The zero-order valence-electron chi connectivity index (χ0n) is 10.6. The van der Waals surface area contributed by atoms with Crippen molar-refractivity contribution in [1.29, 1.82) is 0 Å². The van der Waals surface area contributed by atoms with Gasteiger partial charge in [0.2, 0.25) is 5.95 Å². The molecule has 2 N–H and O–H groups in total. The molecule has 108 valence electrons. The van der Waals surface area contributed by atoms with Gasteiger partial charge in [-0.1, -0.05) is 6.08 Å². The van der Waals surface area contributed by atoms with Crippen LogP contribution in [0.5, 0.6) is 0 Å². The summed E-state index contributed by atoms with van der Waals surface area (Å²) in [6, 6.07) is 2.79. The summed E-state index contributed by atoms with van der Waals surface area (Å²) in [4.78, 5) is 15.0. The van der Waals surface area contributed by atoms with E-state index in [4.69, 9.17) is 0 Å². The monoisotopic (exact) mass is 285 g/mol. The van der Waals surface area contributed by atoms with Crippen molar-refractivity contribution >= 4 is 11.5 Å². The van der Waals surface area contributed by atoms with E-state index < -0.39 is 24.8 Å². The molecule has 0 spiro atoms. The lowest BCUT2D eigenvalue weighted by Crippen LogP contribution is -2.29. The summed E-state index contributed by atoms with van der Waals surface area (Å²) in [6.07, 6.45) is -0.113. The van der Waals surface area contributed by atoms with Gasteiger partial charge in [0.05, 0.1) is 6.54 Å². The predicted octanol–water partition coefficient (Wildman–Crippen LogP) is 1.59. The van der Waals surface area contributed by atoms with Crippen LogP contribution in [0.3, 0.4) is 0 Å². The Morgan fingerprint density at radius 1 is 1.45 bits per heavy atom. The number of aromatic nitrogens is 1. The van der Waals surface area contributed by atoms with E-state index in [0.29, 0.717) is 18.5 Å². The minimum atomic E-state index is -2.65. The molecule has 0 aliphatic carbocycles. The van der Waals surface area contributed by atoms with Crippen molar-refractivity contribution in [1.82, 2.24) is 15.6 Å².